The maximum Gasteiger partial charge on any atom is 0.303 e. The predicted octanol–water partition coefficient (Wildman–Crippen LogP) is -1.24. The molecule has 0 aliphatic carbocycles. The van der Waals surface area contributed by atoms with Gasteiger partial charge in [-0.25, -0.2) is 0 Å². The van der Waals surface area contributed by atoms with Crippen LogP contribution in [0.15, 0.2) is 0 Å². The first-order chi connectivity index (χ1) is 23.3. The van der Waals surface area contributed by atoms with E-state index < -0.39 is 128 Å². The molecule has 2 heterocycles. The van der Waals surface area contributed by atoms with Crippen molar-refractivity contribution in [3.63, 3.8) is 0 Å². The zero-order valence-corrected chi connectivity index (χ0v) is 29.0. The lowest BCUT2D eigenvalue weighted by Crippen LogP contribution is -2.67. The first-order valence-corrected chi connectivity index (χ1v) is 15.2. The molecule has 2 rings (SSSR count). The summed E-state index contributed by atoms with van der Waals surface area (Å²) in [5, 5.41) is 2.52. The number of hydrogen-bond donors (Lipinski definition) is 1. The molecule has 20 heteroatoms. The fourth-order valence-corrected chi connectivity index (χ4v) is 5.33. The number of ether oxygens (including phenoxy) is 11. The second kappa shape index (κ2) is 19.1. The number of rotatable bonds is 14. The topological polar surface area (TPSA) is 250 Å². The number of esters is 7. The summed E-state index contributed by atoms with van der Waals surface area (Å²) in [7, 11) is 1.18. The van der Waals surface area contributed by atoms with Gasteiger partial charge in [0.2, 0.25) is 5.91 Å². The summed E-state index contributed by atoms with van der Waals surface area (Å²) in [6.07, 6.45) is -15.0. The van der Waals surface area contributed by atoms with Crippen LogP contribution in [0.2, 0.25) is 0 Å². The van der Waals surface area contributed by atoms with E-state index in [-0.39, 0.29) is 0 Å². The summed E-state index contributed by atoms with van der Waals surface area (Å²) >= 11 is 0. The SMILES string of the molecule is COC1OC(C(COC2OC(COC(C)=O)C(OC(C)=O)C(OC(C)=O)C2NC(C)=O)OC(C)=O)C(OC(C)=O)C(OC(C)=O)C1OC(C)=O. The smallest absolute Gasteiger partial charge is 0.303 e. The van der Waals surface area contributed by atoms with Crippen molar-refractivity contribution >= 4 is 47.7 Å². The van der Waals surface area contributed by atoms with E-state index in [4.69, 9.17) is 52.1 Å². The number of amides is 1. The van der Waals surface area contributed by atoms with E-state index in [0.717, 1.165) is 55.4 Å². The Hall–Kier alpha value is -4.40. The average Bonchev–Trinajstić information content (AvgIpc) is 2.97. The van der Waals surface area contributed by atoms with Crippen molar-refractivity contribution in [3.05, 3.63) is 0 Å². The van der Waals surface area contributed by atoms with Gasteiger partial charge in [0.25, 0.3) is 0 Å². The molecule has 0 saturated carbocycles. The molecule has 1 N–H and O–H groups in total. The van der Waals surface area contributed by atoms with Gasteiger partial charge in [-0.3, -0.25) is 38.4 Å². The zero-order valence-electron chi connectivity index (χ0n) is 29.0. The molecule has 1 amide bonds. The molecular formula is C30H43NO19. The van der Waals surface area contributed by atoms with E-state index in [9.17, 15) is 38.4 Å². The van der Waals surface area contributed by atoms with Crippen LogP contribution in [0.3, 0.4) is 0 Å². The highest BCUT2D eigenvalue weighted by Gasteiger charge is 2.56. The molecule has 0 bridgehead atoms. The van der Waals surface area contributed by atoms with Crippen molar-refractivity contribution < 1.29 is 90.5 Å². The molecule has 282 valence electrons. The van der Waals surface area contributed by atoms with Crippen molar-refractivity contribution in [2.75, 3.05) is 20.3 Å². The Morgan fingerprint density at radius 2 is 1.08 bits per heavy atom. The molecule has 20 nitrogen and oxygen atoms in total. The number of hydrogen-bond acceptors (Lipinski definition) is 19. The Labute approximate surface area is 286 Å². The Balaban J connectivity index is 2.62. The van der Waals surface area contributed by atoms with Crippen LogP contribution < -0.4 is 5.32 Å². The molecule has 0 radical (unpaired) electrons. The van der Waals surface area contributed by atoms with Crippen LogP contribution in [-0.4, -0.2) is 135 Å². The number of nitrogens with one attached hydrogen (secondary N) is 1. The van der Waals surface area contributed by atoms with Crippen LogP contribution in [0.5, 0.6) is 0 Å². The Morgan fingerprint density at radius 1 is 0.580 bits per heavy atom. The standard InChI is InChI=1S/C30H43NO19/c1-12(32)31-22-25(45-16(5)36)23(44-15(4)35)21(10-41-13(2)33)49-29(22)42-11-20(43-14(3)34)24-26(46-17(6)37)27(47-18(7)38)28(48-19(8)39)30(40-9)50-24/h20-30H,10-11H2,1-9H3,(H,31,32). The minimum absolute atomic E-state index is 0.525. The number of methoxy groups -OCH3 is 1. The second-order valence-electron chi connectivity index (χ2n) is 11.1. The summed E-state index contributed by atoms with van der Waals surface area (Å²) < 4.78 is 60.9. The Kier molecular flexibility index (Phi) is 16.0. The van der Waals surface area contributed by atoms with E-state index in [1.807, 2.05) is 0 Å². The molecule has 0 spiro atoms. The van der Waals surface area contributed by atoms with E-state index >= 15 is 0 Å². The fourth-order valence-electron chi connectivity index (χ4n) is 5.33. The third kappa shape index (κ3) is 12.5. The Morgan fingerprint density at radius 3 is 1.56 bits per heavy atom. The fraction of sp³-hybridized carbons (Fsp3) is 0.733. The van der Waals surface area contributed by atoms with Gasteiger partial charge in [0, 0.05) is 62.5 Å². The minimum atomic E-state index is -1.60. The first kappa shape index (κ1) is 41.8. The maximum absolute atomic E-state index is 12.4. The molecule has 50 heavy (non-hydrogen) atoms. The van der Waals surface area contributed by atoms with Crippen LogP contribution in [0.25, 0.3) is 0 Å². The second-order valence-corrected chi connectivity index (χ2v) is 11.1. The molecule has 2 aliphatic heterocycles. The normalized spacial score (nSPS) is 29.6. The van der Waals surface area contributed by atoms with E-state index in [1.54, 1.807) is 0 Å². The van der Waals surface area contributed by atoms with Gasteiger partial charge >= 0.3 is 41.8 Å². The largest absolute Gasteiger partial charge is 0.463 e. The lowest BCUT2D eigenvalue weighted by Gasteiger charge is -2.47. The quantitative estimate of drug-likeness (QED) is 0.163. The lowest BCUT2D eigenvalue weighted by molar-refractivity contribution is -0.320. The summed E-state index contributed by atoms with van der Waals surface area (Å²) in [4.78, 5) is 97.0. The van der Waals surface area contributed by atoms with Crippen molar-refractivity contribution in [1.29, 1.82) is 0 Å². The van der Waals surface area contributed by atoms with Crippen molar-refractivity contribution in [1.82, 2.24) is 5.32 Å². The minimum Gasteiger partial charge on any atom is -0.463 e. The average molecular weight is 722 g/mol. The highest BCUT2D eigenvalue weighted by molar-refractivity contribution is 5.74. The van der Waals surface area contributed by atoms with Gasteiger partial charge < -0.3 is 57.4 Å². The van der Waals surface area contributed by atoms with Gasteiger partial charge in [0.05, 0.1) is 6.61 Å². The van der Waals surface area contributed by atoms with Crippen molar-refractivity contribution in [2.24, 2.45) is 0 Å². The van der Waals surface area contributed by atoms with Gasteiger partial charge in [0.1, 0.15) is 24.9 Å². The van der Waals surface area contributed by atoms with Gasteiger partial charge in [0.15, 0.2) is 49.2 Å². The monoisotopic (exact) mass is 721 g/mol. The van der Waals surface area contributed by atoms with Gasteiger partial charge in [-0.05, 0) is 0 Å². The summed E-state index contributed by atoms with van der Waals surface area (Å²) in [5.74, 6) is -6.54. The van der Waals surface area contributed by atoms with E-state index in [2.05, 4.69) is 5.32 Å². The molecule has 11 unspecified atom stereocenters. The summed E-state index contributed by atoms with van der Waals surface area (Å²) in [6, 6.07) is -1.39. The maximum atomic E-state index is 12.4. The molecule has 11 atom stereocenters. The van der Waals surface area contributed by atoms with Crippen LogP contribution >= 0.6 is 0 Å². The van der Waals surface area contributed by atoms with Crippen molar-refractivity contribution in [2.45, 2.75) is 123 Å². The third-order valence-electron chi connectivity index (χ3n) is 6.85. The van der Waals surface area contributed by atoms with Crippen LogP contribution in [0.4, 0.5) is 0 Å². The molecule has 2 aliphatic rings. The van der Waals surface area contributed by atoms with Crippen LogP contribution in [-0.2, 0) is 90.5 Å². The van der Waals surface area contributed by atoms with Crippen LogP contribution in [0, 0.1) is 0 Å². The molecule has 0 aromatic carbocycles. The summed E-state index contributed by atoms with van der Waals surface area (Å²) in [5.41, 5.74) is 0. The van der Waals surface area contributed by atoms with Gasteiger partial charge in [-0.15, -0.1) is 0 Å². The molecule has 0 aromatic heterocycles. The van der Waals surface area contributed by atoms with E-state index in [0.29, 0.717) is 0 Å². The molecular weight excluding hydrogens is 678 g/mol. The Bertz CT molecular complexity index is 1270. The highest BCUT2D eigenvalue weighted by atomic mass is 16.7. The van der Waals surface area contributed by atoms with Crippen molar-refractivity contribution in [3.8, 4) is 0 Å². The number of carbonyl (C=O) groups excluding carboxylic acids is 8. The zero-order chi connectivity index (χ0) is 37.9. The third-order valence-corrected chi connectivity index (χ3v) is 6.85. The lowest BCUT2D eigenvalue weighted by atomic mass is 9.94. The number of carbonyl (C=O) groups is 8. The predicted molar refractivity (Wildman–Crippen MR) is 158 cm³/mol. The highest BCUT2D eigenvalue weighted by Crippen LogP contribution is 2.33. The van der Waals surface area contributed by atoms with Gasteiger partial charge in [-0.2, -0.15) is 0 Å². The van der Waals surface area contributed by atoms with Gasteiger partial charge in [-0.1, -0.05) is 0 Å². The first-order valence-electron chi connectivity index (χ1n) is 15.2. The molecule has 2 saturated heterocycles. The molecule has 0 aromatic rings. The van der Waals surface area contributed by atoms with E-state index in [1.165, 1.54) is 7.11 Å². The molecule has 2 fully saturated rings. The summed E-state index contributed by atoms with van der Waals surface area (Å²) in [6.45, 7) is 7.36. The van der Waals surface area contributed by atoms with Crippen LogP contribution in [0.1, 0.15) is 55.4 Å².